The Bertz CT molecular complexity index is 351. The fourth-order valence-electron chi connectivity index (χ4n) is 1.33. The molecule has 0 spiro atoms. The third-order valence-corrected chi connectivity index (χ3v) is 2.22. The molecule has 1 heterocycles. The van der Waals surface area contributed by atoms with Crippen LogP contribution in [0, 0.1) is 0 Å². The highest BCUT2D eigenvalue weighted by Crippen LogP contribution is 2.12. The van der Waals surface area contributed by atoms with Crippen LogP contribution in [-0.4, -0.2) is 44.7 Å². The topological polar surface area (TPSA) is 67.6 Å². The number of ether oxygens (including phenoxy) is 1. The molecule has 0 unspecified atom stereocenters. The molecule has 1 rings (SSSR count). The summed E-state index contributed by atoms with van der Waals surface area (Å²) in [5.74, 6) is -0.453. The Morgan fingerprint density at radius 3 is 3.06 bits per heavy atom. The lowest BCUT2D eigenvalue weighted by Gasteiger charge is -2.13. The van der Waals surface area contributed by atoms with Gasteiger partial charge in [0.05, 0.1) is 6.61 Å². The molecule has 0 aliphatic carbocycles. The number of anilines is 1. The van der Waals surface area contributed by atoms with Crippen molar-refractivity contribution in [2.75, 3.05) is 38.7 Å². The predicted molar refractivity (Wildman–Crippen MR) is 64.3 cm³/mol. The fraction of sp³-hybridized carbons (Fsp3) is 0.636. The number of carbonyl (C=O) groups excluding carboxylic acids is 1. The van der Waals surface area contributed by atoms with E-state index in [1.165, 1.54) is 6.26 Å². The van der Waals surface area contributed by atoms with Gasteiger partial charge in [-0.05, 0) is 26.9 Å². The van der Waals surface area contributed by atoms with Gasteiger partial charge in [0.2, 0.25) is 0 Å². The summed E-state index contributed by atoms with van der Waals surface area (Å²) in [4.78, 5) is 17.3. The highest BCUT2D eigenvalue weighted by Gasteiger charge is 2.15. The van der Waals surface area contributed by atoms with Crippen LogP contribution in [0.4, 0.5) is 6.01 Å². The predicted octanol–water partition coefficient (Wildman–Crippen LogP) is 0.897. The third-order valence-electron chi connectivity index (χ3n) is 2.22. The van der Waals surface area contributed by atoms with Gasteiger partial charge in [0.1, 0.15) is 6.26 Å². The SMILES string of the molecule is CCOC(=O)c1coc(N(C)CCCNC)n1. The molecule has 0 fully saturated rings. The number of rotatable bonds is 7. The number of aromatic nitrogens is 1. The quantitative estimate of drug-likeness (QED) is 0.565. The minimum absolute atomic E-state index is 0.210. The Kier molecular flexibility index (Phi) is 5.48. The summed E-state index contributed by atoms with van der Waals surface area (Å²) in [6.07, 6.45) is 2.30. The summed E-state index contributed by atoms with van der Waals surface area (Å²) in [6.45, 7) is 3.82. The smallest absolute Gasteiger partial charge is 0.360 e. The summed E-state index contributed by atoms with van der Waals surface area (Å²) in [6, 6.07) is 0.434. The Balaban J connectivity index is 2.51. The molecule has 6 heteroatoms. The zero-order chi connectivity index (χ0) is 12.7. The van der Waals surface area contributed by atoms with E-state index in [1.807, 2.05) is 19.0 Å². The van der Waals surface area contributed by atoms with Gasteiger partial charge in [-0.3, -0.25) is 0 Å². The molecule has 6 nitrogen and oxygen atoms in total. The second kappa shape index (κ2) is 6.90. The van der Waals surface area contributed by atoms with Gasteiger partial charge in [0.15, 0.2) is 5.69 Å². The minimum atomic E-state index is -0.453. The van der Waals surface area contributed by atoms with E-state index in [0.29, 0.717) is 12.6 Å². The van der Waals surface area contributed by atoms with Crippen molar-refractivity contribution in [3.05, 3.63) is 12.0 Å². The van der Waals surface area contributed by atoms with Crippen LogP contribution in [0.3, 0.4) is 0 Å². The van der Waals surface area contributed by atoms with Crippen molar-refractivity contribution >= 4 is 12.0 Å². The first kappa shape index (κ1) is 13.5. The summed E-state index contributed by atoms with van der Waals surface area (Å²) in [5, 5.41) is 3.06. The highest BCUT2D eigenvalue weighted by atomic mass is 16.5. The Morgan fingerprint density at radius 2 is 2.41 bits per heavy atom. The van der Waals surface area contributed by atoms with Gasteiger partial charge in [-0.25, -0.2) is 4.79 Å². The van der Waals surface area contributed by atoms with Crippen LogP contribution >= 0.6 is 0 Å². The molecular formula is C11H19N3O3. The third kappa shape index (κ3) is 4.07. The van der Waals surface area contributed by atoms with Gasteiger partial charge >= 0.3 is 5.97 Å². The number of oxazole rings is 1. The van der Waals surface area contributed by atoms with Gasteiger partial charge in [0, 0.05) is 13.6 Å². The average Bonchev–Trinajstić information content (AvgIpc) is 2.79. The first-order valence-electron chi connectivity index (χ1n) is 5.67. The normalized spacial score (nSPS) is 10.3. The van der Waals surface area contributed by atoms with Crippen LogP contribution in [-0.2, 0) is 4.74 Å². The summed E-state index contributed by atoms with van der Waals surface area (Å²) in [7, 11) is 3.78. The van der Waals surface area contributed by atoms with Crippen LogP contribution in [0.1, 0.15) is 23.8 Å². The second-order valence-corrected chi connectivity index (χ2v) is 3.61. The largest absolute Gasteiger partial charge is 0.461 e. The molecule has 0 saturated heterocycles. The lowest BCUT2D eigenvalue weighted by Crippen LogP contribution is -2.22. The standard InChI is InChI=1S/C11H19N3O3/c1-4-16-10(15)9-8-17-11(13-9)14(3)7-5-6-12-2/h8,12H,4-7H2,1-3H3. The lowest BCUT2D eigenvalue weighted by molar-refractivity contribution is 0.0519. The maximum Gasteiger partial charge on any atom is 0.360 e. The van der Waals surface area contributed by atoms with Crippen molar-refractivity contribution in [3.8, 4) is 0 Å². The number of nitrogens with one attached hydrogen (secondary N) is 1. The molecule has 0 bridgehead atoms. The molecule has 0 amide bonds. The minimum Gasteiger partial charge on any atom is -0.461 e. The van der Waals surface area contributed by atoms with Crippen molar-refractivity contribution in [2.24, 2.45) is 0 Å². The van der Waals surface area contributed by atoms with Gasteiger partial charge in [-0.1, -0.05) is 0 Å². The molecule has 1 aromatic heterocycles. The van der Waals surface area contributed by atoms with E-state index < -0.39 is 5.97 Å². The van der Waals surface area contributed by atoms with E-state index in [9.17, 15) is 4.79 Å². The molecule has 0 radical (unpaired) electrons. The van der Waals surface area contributed by atoms with Crippen molar-refractivity contribution in [2.45, 2.75) is 13.3 Å². The van der Waals surface area contributed by atoms with E-state index in [4.69, 9.17) is 9.15 Å². The lowest BCUT2D eigenvalue weighted by atomic mass is 10.4. The second-order valence-electron chi connectivity index (χ2n) is 3.61. The highest BCUT2D eigenvalue weighted by molar-refractivity contribution is 5.87. The van der Waals surface area contributed by atoms with Gasteiger partial charge in [-0.2, -0.15) is 4.98 Å². The van der Waals surface area contributed by atoms with E-state index in [1.54, 1.807) is 6.92 Å². The summed E-state index contributed by atoms with van der Waals surface area (Å²) < 4.78 is 10.0. The molecule has 1 N–H and O–H groups in total. The van der Waals surface area contributed by atoms with Crippen LogP contribution in [0.2, 0.25) is 0 Å². The molecule has 17 heavy (non-hydrogen) atoms. The van der Waals surface area contributed by atoms with E-state index in [0.717, 1.165) is 19.5 Å². The van der Waals surface area contributed by atoms with Crippen molar-refractivity contribution < 1.29 is 13.9 Å². The van der Waals surface area contributed by atoms with E-state index in [-0.39, 0.29) is 5.69 Å². The molecule has 0 aliphatic heterocycles. The number of esters is 1. The van der Waals surface area contributed by atoms with Crippen LogP contribution in [0.15, 0.2) is 10.7 Å². The maximum absolute atomic E-state index is 11.4. The Hall–Kier alpha value is -1.56. The summed E-state index contributed by atoms with van der Waals surface area (Å²) >= 11 is 0. The number of carbonyl (C=O) groups is 1. The molecule has 0 saturated carbocycles. The van der Waals surface area contributed by atoms with E-state index >= 15 is 0 Å². The monoisotopic (exact) mass is 241 g/mol. The molecule has 96 valence electrons. The van der Waals surface area contributed by atoms with Crippen molar-refractivity contribution in [3.63, 3.8) is 0 Å². The summed E-state index contributed by atoms with van der Waals surface area (Å²) in [5.41, 5.74) is 0.210. The molecule has 1 aromatic rings. The molecular weight excluding hydrogens is 222 g/mol. The first-order chi connectivity index (χ1) is 8.19. The fourth-order valence-corrected chi connectivity index (χ4v) is 1.33. The number of hydrogen-bond acceptors (Lipinski definition) is 6. The van der Waals surface area contributed by atoms with Gasteiger partial charge in [0.25, 0.3) is 6.01 Å². The average molecular weight is 241 g/mol. The van der Waals surface area contributed by atoms with Crippen LogP contribution in [0.25, 0.3) is 0 Å². The molecule has 0 atom stereocenters. The number of nitrogens with zero attached hydrogens (tertiary/aromatic N) is 2. The maximum atomic E-state index is 11.4. The van der Waals surface area contributed by atoms with E-state index in [2.05, 4.69) is 10.3 Å². The van der Waals surface area contributed by atoms with Crippen molar-refractivity contribution in [1.82, 2.24) is 10.3 Å². The molecule has 0 aliphatic rings. The Labute approximate surface area is 101 Å². The van der Waals surface area contributed by atoms with Crippen molar-refractivity contribution in [1.29, 1.82) is 0 Å². The molecule has 0 aromatic carbocycles. The van der Waals surface area contributed by atoms with Crippen LogP contribution in [0.5, 0.6) is 0 Å². The Morgan fingerprint density at radius 1 is 1.65 bits per heavy atom. The van der Waals surface area contributed by atoms with Crippen LogP contribution < -0.4 is 10.2 Å². The van der Waals surface area contributed by atoms with Gasteiger partial charge in [-0.15, -0.1) is 0 Å². The number of hydrogen-bond donors (Lipinski definition) is 1. The first-order valence-corrected chi connectivity index (χ1v) is 5.67. The van der Waals surface area contributed by atoms with Gasteiger partial charge < -0.3 is 19.4 Å². The zero-order valence-corrected chi connectivity index (χ0v) is 10.5. The zero-order valence-electron chi connectivity index (χ0n) is 10.5.